The van der Waals surface area contributed by atoms with Crippen LogP contribution in [0.25, 0.3) is 10.9 Å². The molecule has 2 aliphatic rings. The van der Waals surface area contributed by atoms with E-state index in [9.17, 15) is 18.0 Å². The van der Waals surface area contributed by atoms with Crippen molar-refractivity contribution in [3.05, 3.63) is 58.7 Å². The lowest BCUT2D eigenvalue weighted by atomic mass is 10.0. The fourth-order valence-electron chi connectivity index (χ4n) is 4.05. The van der Waals surface area contributed by atoms with Crippen LogP contribution in [0.15, 0.2) is 30.6 Å². The molecule has 1 amide bonds. The second-order valence-corrected chi connectivity index (χ2v) is 8.13. The summed E-state index contributed by atoms with van der Waals surface area (Å²) in [7, 11) is 0. The number of nitrogen functional groups attached to an aromatic ring is 1. The maximum atomic E-state index is 13.3. The summed E-state index contributed by atoms with van der Waals surface area (Å²) in [5.74, 6) is 0.0972. The second-order valence-electron chi connectivity index (χ2n) is 8.13. The van der Waals surface area contributed by atoms with Gasteiger partial charge in [0, 0.05) is 23.2 Å². The third-order valence-corrected chi connectivity index (χ3v) is 5.89. The molecule has 1 fully saturated rings. The van der Waals surface area contributed by atoms with Crippen molar-refractivity contribution < 1.29 is 22.7 Å². The predicted molar refractivity (Wildman–Crippen MR) is 109 cm³/mol. The van der Waals surface area contributed by atoms with Gasteiger partial charge in [-0.2, -0.15) is 13.2 Å². The van der Waals surface area contributed by atoms with Crippen LogP contribution in [0.2, 0.25) is 0 Å². The van der Waals surface area contributed by atoms with Crippen LogP contribution in [0.1, 0.15) is 58.7 Å². The Bertz CT molecular complexity index is 1210. The number of alkyl halides is 3. The molecule has 1 aliphatic heterocycles. The molecule has 1 atom stereocenters. The standard InChI is InChI=1S/C22H20F3N5O2/c1-11-19-16(10-32-11)15-6-17(28-8-18(15)29-20(19)26)21(31)30(14-4-5-14)9-13-3-2-12(7-27-13)22(23,24)25/h2-3,6-8,11,14H,4-5,9-10H2,1H3,(H2,26,29)/t11-/m1/s1. The van der Waals surface area contributed by atoms with Gasteiger partial charge in [-0.25, -0.2) is 9.97 Å². The summed E-state index contributed by atoms with van der Waals surface area (Å²) in [5.41, 5.74) is 8.19. The number of carbonyl (C=O) groups excluding carboxylic acids is 1. The first kappa shape index (κ1) is 20.6. The van der Waals surface area contributed by atoms with Gasteiger partial charge >= 0.3 is 6.18 Å². The van der Waals surface area contributed by atoms with E-state index in [4.69, 9.17) is 10.5 Å². The van der Waals surface area contributed by atoms with E-state index >= 15 is 0 Å². The molecule has 166 valence electrons. The Kier molecular flexibility index (Phi) is 4.77. The highest BCUT2D eigenvalue weighted by atomic mass is 19.4. The first-order chi connectivity index (χ1) is 15.2. The zero-order chi connectivity index (χ0) is 22.6. The Morgan fingerprint density at radius 3 is 2.69 bits per heavy atom. The van der Waals surface area contributed by atoms with Gasteiger partial charge in [-0.05, 0) is 43.5 Å². The Hall–Kier alpha value is -3.27. The van der Waals surface area contributed by atoms with Gasteiger partial charge in [-0.3, -0.25) is 9.78 Å². The number of anilines is 1. The van der Waals surface area contributed by atoms with Gasteiger partial charge in [-0.15, -0.1) is 0 Å². The molecule has 7 nitrogen and oxygen atoms in total. The number of ether oxygens (including phenoxy) is 1. The summed E-state index contributed by atoms with van der Waals surface area (Å²) in [4.78, 5) is 27.5. The third-order valence-electron chi connectivity index (χ3n) is 5.89. The van der Waals surface area contributed by atoms with Crippen molar-refractivity contribution in [2.75, 3.05) is 5.73 Å². The molecule has 3 aromatic heterocycles. The minimum atomic E-state index is -4.45. The number of rotatable bonds is 4. The van der Waals surface area contributed by atoms with Crippen LogP contribution >= 0.6 is 0 Å². The van der Waals surface area contributed by atoms with Crippen molar-refractivity contribution in [2.45, 2.75) is 51.2 Å². The highest BCUT2D eigenvalue weighted by molar-refractivity contribution is 5.97. The fourth-order valence-corrected chi connectivity index (χ4v) is 4.05. The van der Waals surface area contributed by atoms with Crippen LogP contribution < -0.4 is 5.73 Å². The molecular weight excluding hydrogens is 423 g/mol. The smallest absolute Gasteiger partial charge is 0.383 e. The molecule has 2 N–H and O–H groups in total. The van der Waals surface area contributed by atoms with Gasteiger partial charge in [0.05, 0.1) is 42.2 Å². The number of nitrogens with two attached hydrogens (primary N) is 1. The fraction of sp³-hybridized carbons (Fsp3) is 0.364. The first-order valence-corrected chi connectivity index (χ1v) is 10.2. The number of hydrogen-bond donors (Lipinski definition) is 1. The van der Waals surface area contributed by atoms with Crippen molar-refractivity contribution in [1.29, 1.82) is 0 Å². The third kappa shape index (κ3) is 3.64. The number of hydrogen-bond acceptors (Lipinski definition) is 6. The summed E-state index contributed by atoms with van der Waals surface area (Å²) >= 11 is 0. The van der Waals surface area contributed by atoms with E-state index in [1.807, 2.05) is 6.92 Å². The Labute approximate surface area is 181 Å². The predicted octanol–water partition coefficient (Wildman–Crippen LogP) is 4.02. The van der Waals surface area contributed by atoms with E-state index in [0.717, 1.165) is 41.6 Å². The highest BCUT2D eigenvalue weighted by Crippen LogP contribution is 2.38. The highest BCUT2D eigenvalue weighted by Gasteiger charge is 2.35. The quantitative estimate of drug-likeness (QED) is 0.655. The lowest BCUT2D eigenvalue weighted by Crippen LogP contribution is -2.33. The van der Waals surface area contributed by atoms with Gasteiger partial charge in [0.2, 0.25) is 0 Å². The minimum absolute atomic E-state index is 0.0164. The van der Waals surface area contributed by atoms with Crippen LogP contribution in [0.5, 0.6) is 0 Å². The molecule has 1 saturated carbocycles. The summed E-state index contributed by atoms with van der Waals surface area (Å²) in [6.45, 7) is 2.38. The molecule has 0 aromatic carbocycles. The Morgan fingerprint density at radius 2 is 2.03 bits per heavy atom. The van der Waals surface area contributed by atoms with Gasteiger partial charge in [0.1, 0.15) is 11.5 Å². The normalized spacial score (nSPS) is 18.1. The van der Waals surface area contributed by atoms with Crippen molar-refractivity contribution in [2.24, 2.45) is 0 Å². The molecule has 0 saturated heterocycles. The van der Waals surface area contributed by atoms with E-state index < -0.39 is 11.7 Å². The largest absolute Gasteiger partial charge is 0.417 e. The number of nitrogens with zero attached hydrogens (tertiary/aromatic N) is 4. The molecule has 32 heavy (non-hydrogen) atoms. The average molecular weight is 443 g/mol. The summed E-state index contributed by atoms with van der Waals surface area (Å²) in [6, 6.07) is 3.99. The molecule has 0 unspecified atom stereocenters. The van der Waals surface area contributed by atoms with E-state index in [1.165, 1.54) is 12.3 Å². The second kappa shape index (κ2) is 7.40. The van der Waals surface area contributed by atoms with Crippen molar-refractivity contribution >= 4 is 22.6 Å². The van der Waals surface area contributed by atoms with Crippen molar-refractivity contribution in [3.63, 3.8) is 0 Å². The van der Waals surface area contributed by atoms with Gasteiger partial charge in [0.15, 0.2) is 0 Å². The molecule has 0 radical (unpaired) electrons. The van der Waals surface area contributed by atoms with Gasteiger partial charge in [0.25, 0.3) is 5.91 Å². The molecule has 5 rings (SSSR count). The zero-order valence-electron chi connectivity index (χ0n) is 17.2. The first-order valence-electron chi connectivity index (χ1n) is 10.2. The number of aromatic nitrogens is 3. The maximum absolute atomic E-state index is 13.3. The molecule has 1 aliphatic carbocycles. The zero-order valence-corrected chi connectivity index (χ0v) is 17.2. The van der Waals surface area contributed by atoms with E-state index in [0.29, 0.717) is 23.6 Å². The molecular formula is C22H20F3N5O2. The average Bonchev–Trinajstić information content (AvgIpc) is 3.52. The van der Waals surface area contributed by atoms with Crippen LogP contribution in [0.4, 0.5) is 19.0 Å². The maximum Gasteiger partial charge on any atom is 0.417 e. The molecule has 0 spiro atoms. The molecule has 0 bridgehead atoms. The van der Waals surface area contributed by atoms with Crippen molar-refractivity contribution in [1.82, 2.24) is 19.9 Å². The van der Waals surface area contributed by atoms with E-state index in [2.05, 4.69) is 15.0 Å². The van der Waals surface area contributed by atoms with E-state index in [-0.39, 0.29) is 30.3 Å². The van der Waals surface area contributed by atoms with E-state index in [1.54, 1.807) is 11.0 Å². The molecule has 4 heterocycles. The van der Waals surface area contributed by atoms with Gasteiger partial charge in [-0.1, -0.05) is 0 Å². The SMILES string of the molecule is C[C@H]1OCc2c1c(N)nc1cnc(C(=O)N(Cc3ccc(C(F)(F)F)cn3)C3CC3)cc21. The number of pyridine rings is 3. The van der Waals surface area contributed by atoms with Gasteiger partial charge < -0.3 is 15.4 Å². The van der Waals surface area contributed by atoms with Crippen LogP contribution in [0, 0.1) is 0 Å². The summed E-state index contributed by atoms with van der Waals surface area (Å²) in [5, 5.41) is 0.764. The molecule has 3 aromatic rings. The van der Waals surface area contributed by atoms with Crippen LogP contribution in [0.3, 0.4) is 0 Å². The number of halogens is 3. The summed E-state index contributed by atoms with van der Waals surface area (Å²) in [6.07, 6.45) is -0.658. The number of amides is 1. The topological polar surface area (TPSA) is 94.2 Å². The lowest BCUT2D eigenvalue weighted by molar-refractivity contribution is -0.137. The molecule has 10 heteroatoms. The van der Waals surface area contributed by atoms with Crippen LogP contribution in [-0.4, -0.2) is 31.8 Å². The lowest BCUT2D eigenvalue weighted by Gasteiger charge is -2.22. The van der Waals surface area contributed by atoms with Crippen molar-refractivity contribution in [3.8, 4) is 0 Å². The monoisotopic (exact) mass is 443 g/mol. The Morgan fingerprint density at radius 1 is 1.25 bits per heavy atom. The number of fused-ring (bicyclic) bond motifs is 3. The Balaban J connectivity index is 1.45. The number of carbonyl (C=O) groups is 1. The summed E-state index contributed by atoms with van der Waals surface area (Å²) < 4.78 is 44.1. The van der Waals surface area contributed by atoms with Crippen LogP contribution in [-0.2, 0) is 24.1 Å². The minimum Gasteiger partial charge on any atom is -0.383 e.